The van der Waals surface area contributed by atoms with Crippen molar-refractivity contribution >= 4 is 0 Å². The van der Waals surface area contributed by atoms with Crippen molar-refractivity contribution in [3.8, 4) is 0 Å². The van der Waals surface area contributed by atoms with E-state index < -0.39 is 0 Å². The fourth-order valence-corrected chi connectivity index (χ4v) is 0.415. The minimum atomic E-state index is -0.178. The molecular formula is C5H6FN. The molecule has 0 aliphatic carbocycles. The normalized spacial score (nSPS) is 18.1. The van der Waals surface area contributed by atoms with Gasteiger partial charge in [-0.15, -0.1) is 6.08 Å². The Morgan fingerprint density at radius 3 is 2.57 bits per heavy atom. The average Bonchev–Trinajstić information content (AvgIpc) is 1.69. The molecule has 38 valence electrons. The monoisotopic (exact) mass is 99.0 g/mol. The lowest BCUT2D eigenvalue weighted by Crippen LogP contribution is -2.78. The smallest absolute Gasteiger partial charge is 0.134 e. The van der Waals surface area contributed by atoms with Crippen LogP contribution in [0.3, 0.4) is 0 Å². The van der Waals surface area contributed by atoms with E-state index >= 15 is 0 Å². The van der Waals surface area contributed by atoms with E-state index in [0.717, 1.165) is 0 Å². The summed E-state index contributed by atoms with van der Waals surface area (Å²) >= 11 is 0. The lowest BCUT2D eigenvalue weighted by atomic mass is 10.4. The third-order valence-electron chi connectivity index (χ3n) is 0.733. The van der Waals surface area contributed by atoms with Gasteiger partial charge in [0.1, 0.15) is 6.30 Å². The Bertz CT molecular complexity index is 107. The van der Waals surface area contributed by atoms with Crippen LogP contribution in [-0.4, -0.2) is 0 Å². The summed E-state index contributed by atoms with van der Waals surface area (Å²) in [5.41, 5.74) is 0. The van der Waals surface area contributed by atoms with Gasteiger partial charge in [-0.1, -0.05) is 6.08 Å². The van der Waals surface area contributed by atoms with E-state index in [0.29, 0.717) is 0 Å². The molecule has 2 heteroatoms. The van der Waals surface area contributed by atoms with Crippen LogP contribution in [0.15, 0.2) is 24.4 Å². The van der Waals surface area contributed by atoms with Gasteiger partial charge in [-0.2, -0.15) is 6.08 Å². The number of rotatable bonds is 0. The summed E-state index contributed by atoms with van der Waals surface area (Å²) in [6.45, 7) is 0. The molecule has 0 aromatic carbocycles. The Labute approximate surface area is 41.5 Å². The number of halogens is 1. The second-order valence-corrected chi connectivity index (χ2v) is 1.30. The molecule has 0 atom stereocenters. The van der Waals surface area contributed by atoms with Crippen molar-refractivity contribution in [2.24, 2.45) is 0 Å². The van der Waals surface area contributed by atoms with Gasteiger partial charge >= 0.3 is 0 Å². The van der Waals surface area contributed by atoms with Gasteiger partial charge in [0.25, 0.3) is 0 Å². The Morgan fingerprint density at radius 2 is 2.29 bits per heavy atom. The molecule has 1 aliphatic heterocycles. The molecule has 1 rings (SSSR count). The van der Waals surface area contributed by atoms with Crippen LogP contribution in [0.4, 0.5) is 4.39 Å². The molecule has 0 saturated heterocycles. The molecule has 0 aromatic heterocycles. The maximum atomic E-state index is 11.9. The predicted molar refractivity (Wildman–Crippen MR) is 24.6 cm³/mol. The quantitative estimate of drug-likeness (QED) is 0.327. The zero-order valence-corrected chi connectivity index (χ0v) is 3.76. The predicted octanol–water partition coefficient (Wildman–Crippen LogP) is 0.0923. The highest BCUT2D eigenvalue weighted by Crippen LogP contribution is 1.93. The molecule has 7 heavy (non-hydrogen) atoms. The molecule has 0 fully saturated rings. The van der Waals surface area contributed by atoms with Crippen LogP contribution in [0.25, 0.3) is 0 Å². The van der Waals surface area contributed by atoms with Gasteiger partial charge in [0.15, 0.2) is 0 Å². The first kappa shape index (κ1) is 4.40. The average molecular weight is 99.1 g/mol. The van der Waals surface area contributed by atoms with Crippen LogP contribution in [-0.2, 0) is 0 Å². The van der Waals surface area contributed by atoms with Gasteiger partial charge < -0.3 is 5.32 Å². The number of allylic oxidation sites excluding steroid dienone is 2. The number of quaternary nitrogens is 1. The Hall–Kier alpha value is -0.760. The third-order valence-corrected chi connectivity index (χ3v) is 0.733. The third kappa shape index (κ3) is 1.05. The summed E-state index contributed by atoms with van der Waals surface area (Å²) in [7, 11) is 0. The van der Waals surface area contributed by atoms with Gasteiger partial charge in [-0.3, -0.25) is 4.39 Å². The van der Waals surface area contributed by atoms with E-state index in [2.05, 4.69) is 0 Å². The van der Waals surface area contributed by atoms with E-state index in [9.17, 15) is 4.39 Å². The Kier molecular flexibility index (Phi) is 1.13. The lowest BCUT2D eigenvalue weighted by Gasteiger charge is -2.06. The highest BCUT2D eigenvalue weighted by Gasteiger charge is 1.90. The van der Waals surface area contributed by atoms with Gasteiger partial charge in [0.2, 0.25) is 0 Å². The topological polar surface area (TPSA) is 16.6 Å². The molecule has 0 saturated carbocycles. The lowest BCUT2D eigenvalue weighted by molar-refractivity contribution is -0.587. The SMILES string of the molecule is F[C-]1C=CC=C[NH2+]1. The van der Waals surface area contributed by atoms with Crippen LogP contribution in [0.5, 0.6) is 0 Å². The van der Waals surface area contributed by atoms with Crippen molar-refractivity contribution < 1.29 is 9.71 Å². The molecule has 0 spiro atoms. The van der Waals surface area contributed by atoms with Crippen molar-refractivity contribution in [1.29, 1.82) is 0 Å². The summed E-state index contributed by atoms with van der Waals surface area (Å²) in [4.78, 5) is 0. The Morgan fingerprint density at radius 1 is 1.43 bits per heavy atom. The highest BCUT2D eigenvalue weighted by atomic mass is 19.1. The fraction of sp³-hybridized carbons (Fsp3) is 0. The zero-order chi connectivity index (χ0) is 5.11. The first-order chi connectivity index (χ1) is 3.39. The number of hydrogen-bond acceptors (Lipinski definition) is 0. The molecule has 0 bridgehead atoms. The van der Waals surface area contributed by atoms with Crippen LogP contribution in [0.1, 0.15) is 0 Å². The largest absolute Gasteiger partial charge is 0.337 e. The van der Waals surface area contributed by atoms with Gasteiger partial charge in [-0.25, -0.2) is 0 Å². The fourth-order valence-electron chi connectivity index (χ4n) is 0.415. The molecular weight excluding hydrogens is 93.1 g/mol. The molecule has 1 nitrogen and oxygen atoms in total. The van der Waals surface area contributed by atoms with Crippen LogP contribution in [0, 0.1) is 6.30 Å². The maximum Gasteiger partial charge on any atom is 0.134 e. The minimum Gasteiger partial charge on any atom is -0.337 e. The molecule has 0 radical (unpaired) electrons. The molecule has 1 heterocycles. The van der Waals surface area contributed by atoms with E-state index in [-0.39, 0.29) is 6.30 Å². The number of nitrogens with two attached hydrogens (primary N) is 1. The van der Waals surface area contributed by atoms with Crippen LogP contribution in [0.2, 0.25) is 0 Å². The summed E-state index contributed by atoms with van der Waals surface area (Å²) in [6.07, 6.45) is 6.34. The van der Waals surface area contributed by atoms with Crippen molar-refractivity contribution in [1.82, 2.24) is 0 Å². The molecule has 0 amide bonds. The second kappa shape index (κ2) is 1.80. The first-order valence-corrected chi connectivity index (χ1v) is 2.10. The summed E-state index contributed by atoms with van der Waals surface area (Å²) in [5.74, 6) is 0. The maximum absolute atomic E-state index is 11.9. The first-order valence-electron chi connectivity index (χ1n) is 2.10. The summed E-state index contributed by atoms with van der Waals surface area (Å²) < 4.78 is 11.9. The standard InChI is InChI=1S/C5H6FN/c6-5-3-1-2-4-7-5/h1-4H,7H2. The number of hydrogen-bond donors (Lipinski definition) is 1. The van der Waals surface area contributed by atoms with E-state index in [4.69, 9.17) is 0 Å². The summed E-state index contributed by atoms with van der Waals surface area (Å²) in [6, 6.07) is 0. The molecule has 2 N–H and O–H groups in total. The van der Waals surface area contributed by atoms with Crippen molar-refractivity contribution in [2.75, 3.05) is 0 Å². The molecule has 0 aromatic rings. The van der Waals surface area contributed by atoms with Crippen molar-refractivity contribution in [2.45, 2.75) is 0 Å². The summed E-state index contributed by atoms with van der Waals surface area (Å²) in [5, 5.41) is 1.42. The molecule has 1 aliphatic rings. The van der Waals surface area contributed by atoms with E-state index in [1.165, 1.54) is 11.4 Å². The Balaban J connectivity index is 2.49. The van der Waals surface area contributed by atoms with Gasteiger partial charge in [-0.05, 0) is 0 Å². The van der Waals surface area contributed by atoms with E-state index in [1.807, 2.05) is 0 Å². The van der Waals surface area contributed by atoms with Crippen molar-refractivity contribution in [3.63, 3.8) is 0 Å². The van der Waals surface area contributed by atoms with E-state index in [1.54, 1.807) is 18.4 Å². The van der Waals surface area contributed by atoms with Gasteiger partial charge in [0, 0.05) is 0 Å². The van der Waals surface area contributed by atoms with Crippen molar-refractivity contribution in [3.05, 3.63) is 30.7 Å². The minimum absolute atomic E-state index is 0.178. The second-order valence-electron chi connectivity index (χ2n) is 1.30. The molecule has 0 unspecified atom stereocenters. The highest BCUT2D eigenvalue weighted by molar-refractivity contribution is 5.08. The van der Waals surface area contributed by atoms with Crippen LogP contribution < -0.4 is 5.32 Å². The zero-order valence-electron chi connectivity index (χ0n) is 3.76. The van der Waals surface area contributed by atoms with Gasteiger partial charge in [0.05, 0.1) is 6.20 Å². The van der Waals surface area contributed by atoms with Crippen LogP contribution >= 0.6 is 0 Å².